The summed E-state index contributed by atoms with van der Waals surface area (Å²) in [4.78, 5) is 21.4. The molecule has 1 N–H and O–H groups in total. The fraction of sp³-hybridized carbons (Fsp3) is 0.750. The summed E-state index contributed by atoms with van der Waals surface area (Å²) in [5.41, 5.74) is 0. The zero-order valence-corrected chi connectivity index (χ0v) is 7.78. The number of carbonyl (C=O) groups excluding carboxylic acids is 2. The van der Waals surface area contributed by atoms with E-state index in [1.807, 2.05) is 6.92 Å². The van der Waals surface area contributed by atoms with E-state index in [4.69, 9.17) is 5.11 Å². The van der Waals surface area contributed by atoms with Crippen LogP contribution >= 0.6 is 0 Å². The van der Waals surface area contributed by atoms with Crippen LogP contribution in [0.2, 0.25) is 0 Å². The van der Waals surface area contributed by atoms with Crippen molar-refractivity contribution >= 4 is 11.9 Å². The second kappa shape index (κ2) is 6.42. The molecule has 13 heavy (non-hydrogen) atoms. The van der Waals surface area contributed by atoms with Gasteiger partial charge >= 0.3 is 11.9 Å². The van der Waals surface area contributed by atoms with Crippen LogP contribution < -0.4 is 0 Å². The van der Waals surface area contributed by atoms with Gasteiger partial charge in [-0.05, 0) is 6.42 Å². The Morgan fingerprint density at radius 1 is 1.46 bits per heavy atom. The maximum absolute atomic E-state index is 10.9. The van der Waals surface area contributed by atoms with Gasteiger partial charge in [-0.2, -0.15) is 0 Å². The highest BCUT2D eigenvalue weighted by atomic mass is 16.6. The van der Waals surface area contributed by atoms with E-state index in [1.165, 1.54) is 7.11 Å². The summed E-state index contributed by atoms with van der Waals surface area (Å²) < 4.78 is 8.69. The van der Waals surface area contributed by atoms with Crippen LogP contribution in [0.4, 0.5) is 0 Å². The molecule has 76 valence electrons. The van der Waals surface area contributed by atoms with Crippen molar-refractivity contribution in [2.75, 3.05) is 13.7 Å². The summed E-state index contributed by atoms with van der Waals surface area (Å²) in [5, 5.41) is 9.08. The van der Waals surface area contributed by atoms with Crippen molar-refractivity contribution in [3.63, 3.8) is 0 Å². The van der Waals surface area contributed by atoms with E-state index in [1.54, 1.807) is 0 Å². The third-order valence-corrected chi connectivity index (χ3v) is 1.39. The Kier molecular flexibility index (Phi) is 5.88. The second-order valence-electron chi connectivity index (χ2n) is 2.49. The minimum atomic E-state index is -1.14. The molecule has 0 aromatic carbocycles. The lowest BCUT2D eigenvalue weighted by molar-refractivity contribution is -0.163. The van der Waals surface area contributed by atoms with Crippen molar-refractivity contribution in [2.24, 2.45) is 0 Å². The number of carbonyl (C=O) groups is 2. The minimum absolute atomic E-state index is 0.333. The standard InChI is InChI=1S/C8H14O5/c1-3-4-6(9)8(11)13-5-7(10)12-2/h6,9H,3-5H2,1-2H3. The molecular weight excluding hydrogens is 176 g/mol. The van der Waals surface area contributed by atoms with Crippen molar-refractivity contribution in [1.82, 2.24) is 0 Å². The van der Waals surface area contributed by atoms with Gasteiger partial charge in [-0.3, -0.25) is 0 Å². The lowest BCUT2D eigenvalue weighted by atomic mass is 10.2. The van der Waals surface area contributed by atoms with Crippen molar-refractivity contribution in [1.29, 1.82) is 0 Å². The Hall–Kier alpha value is -1.10. The molecule has 0 aliphatic carbocycles. The molecular formula is C8H14O5. The van der Waals surface area contributed by atoms with Gasteiger partial charge in [0.15, 0.2) is 12.7 Å². The van der Waals surface area contributed by atoms with E-state index in [9.17, 15) is 9.59 Å². The van der Waals surface area contributed by atoms with Crippen LogP contribution in [0.3, 0.4) is 0 Å². The van der Waals surface area contributed by atoms with Gasteiger partial charge in [0.1, 0.15) is 0 Å². The highest BCUT2D eigenvalue weighted by Gasteiger charge is 2.16. The molecule has 1 atom stereocenters. The first-order valence-corrected chi connectivity index (χ1v) is 4.03. The lowest BCUT2D eigenvalue weighted by Crippen LogP contribution is -2.25. The molecule has 0 aromatic rings. The third-order valence-electron chi connectivity index (χ3n) is 1.39. The number of esters is 2. The second-order valence-corrected chi connectivity index (χ2v) is 2.49. The predicted molar refractivity (Wildman–Crippen MR) is 43.9 cm³/mol. The van der Waals surface area contributed by atoms with Gasteiger partial charge in [-0.25, -0.2) is 9.59 Å². The average molecular weight is 190 g/mol. The largest absolute Gasteiger partial charge is 0.466 e. The Labute approximate surface area is 76.6 Å². The Bertz CT molecular complexity index is 177. The van der Waals surface area contributed by atoms with Crippen molar-refractivity contribution in [3.05, 3.63) is 0 Å². The van der Waals surface area contributed by atoms with Gasteiger partial charge in [0.2, 0.25) is 0 Å². The SMILES string of the molecule is CCCC(O)C(=O)OCC(=O)OC. The van der Waals surface area contributed by atoms with E-state index in [0.717, 1.165) is 0 Å². The first kappa shape index (κ1) is 11.9. The van der Waals surface area contributed by atoms with Gasteiger partial charge in [0.25, 0.3) is 0 Å². The van der Waals surface area contributed by atoms with Crippen LogP contribution in [0, 0.1) is 0 Å². The summed E-state index contributed by atoms with van der Waals surface area (Å²) in [5.74, 6) is -1.43. The molecule has 1 unspecified atom stereocenters. The summed E-state index contributed by atoms with van der Waals surface area (Å²) >= 11 is 0. The van der Waals surface area contributed by atoms with Gasteiger partial charge < -0.3 is 14.6 Å². The Morgan fingerprint density at radius 2 is 2.08 bits per heavy atom. The van der Waals surface area contributed by atoms with Crippen molar-refractivity contribution in [2.45, 2.75) is 25.9 Å². The molecule has 0 rings (SSSR count). The molecule has 0 radical (unpaired) electrons. The summed E-state index contributed by atoms with van der Waals surface area (Å²) in [6, 6.07) is 0. The van der Waals surface area contributed by atoms with Gasteiger partial charge in [0, 0.05) is 0 Å². The topological polar surface area (TPSA) is 72.8 Å². The quantitative estimate of drug-likeness (QED) is 0.611. The van der Waals surface area contributed by atoms with E-state index in [2.05, 4.69) is 9.47 Å². The van der Waals surface area contributed by atoms with Crippen molar-refractivity contribution < 1.29 is 24.2 Å². The molecule has 0 spiro atoms. The van der Waals surface area contributed by atoms with Crippen LogP contribution in [-0.4, -0.2) is 36.9 Å². The maximum atomic E-state index is 10.9. The molecule has 0 aliphatic rings. The fourth-order valence-corrected chi connectivity index (χ4v) is 0.676. The summed E-state index contributed by atoms with van der Waals surface area (Å²) in [6.07, 6.45) is -0.135. The van der Waals surface area contributed by atoms with E-state index in [-0.39, 0.29) is 0 Å². The molecule has 0 saturated carbocycles. The highest BCUT2D eigenvalue weighted by Crippen LogP contribution is 1.98. The summed E-state index contributed by atoms with van der Waals surface area (Å²) in [6.45, 7) is 1.38. The number of hydrogen-bond acceptors (Lipinski definition) is 5. The van der Waals surface area contributed by atoms with Crippen LogP contribution in [-0.2, 0) is 19.1 Å². The maximum Gasteiger partial charge on any atom is 0.344 e. The lowest BCUT2D eigenvalue weighted by Gasteiger charge is -2.07. The first-order chi connectivity index (χ1) is 6.11. The van der Waals surface area contributed by atoms with Gasteiger partial charge in [0.05, 0.1) is 7.11 Å². The van der Waals surface area contributed by atoms with E-state index in [0.29, 0.717) is 12.8 Å². The van der Waals surface area contributed by atoms with Crippen molar-refractivity contribution in [3.8, 4) is 0 Å². The molecule has 5 heteroatoms. The third kappa shape index (κ3) is 5.19. The molecule has 5 nitrogen and oxygen atoms in total. The number of rotatable bonds is 5. The highest BCUT2D eigenvalue weighted by molar-refractivity contribution is 5.78. The van der Waals surface area contributed by atoms with E-state index < -0.39 is 24.6 Å². The number of hydrogen-bond donors (Lipinski definition) is 1. The van der Waals surface area contributed by atoms with Crippen LogP contribution in [0.25, 0.3) is 0 Å². The zero-order valence-electron chi connectivity index (χ0n) is 7.78. The molecule has 0 amide bonds. The monoisotopic (exact) mass is 190 g/mol. The molecule has 0 fully saturated rings. The number of methoxy groups -OCH3 is 1. The average Bonchev–Trinajstić information content (AvgIpc) is 2.13. The zero-order chi connectivity index (χ0) is 10.3. The van der Waals surface area contributed by atoms with Crippen LogP contribution in [0.1, 0.15) is 19.8 Å². The predicted octanol–water partition coefficient (Wildman–Crippen LogP) is -0.136. The number of aliphatic hydroxyl groups excluding tert-OH is 1. The van der Waals surface area contributed by atoms with Gasteiger partial charge in [-0.1, -0.05) is 13.3 Å². The number of ether oxygens (including phenoxy) is 2. The molecule has 0 bridgehead atoms. The molecule has 0 aliphatic heterocycles. The fourth-order valence-electron chi connectivity index (χ4n) is 0.676. The Morgan fingerprint density at radius 3 is 2.54 bits per heavy atom. The molecule has 0 saturated heterocycles. The van der Waals surface area contributed by atoms with E-state index >= 15 is 0 Å². The van der Waals surface area contributed by atoms with Crippen LogP contribution in [0.5, 0.6) is 0 Å². The van der Waals surface area contributed by atoms with Crippen LogP contribution in [0.15, 0.2) is 0 Å². The van der Waals surface area contributed by atoms with Gasteiger partial charge in [-0.15, -0.1) is 0 Å². The number of aliphatic hydroxyl groups is 1. The smallest absolute Gasteiger partial charge is 0.344 e. The molecule has 0 heterocycles. The minimum Gasteiger partial charge on any atom is -0.466 e. The first-order valence-electron chi connectivity index (χ1n) is 4.03. The summed E-state index contributed by atoms with van der Waals surface area (Å²) in [7, 11) is 1.19. The Balaban J connectivity index is 3.67. The normalized spacial score (nSPS) is 11.9. The molecule has 0 aromatic heterocycles.